The molecule has 0 saturated heterocycles. The van der Waals surface area contributed by atoms with E-state index in [2.05, 4.69) is 93.7 Å². The molecule has 0 radical (unpaired) electrons. The normalized spacial score (nSPS) is 17.9. The van der Waals surface area contributed by atoms with Crippen LogP contribution in [0.15, 0.2) is 85.2 Å². The van der Waals surface area contributed by atoms with Crippen molar-refractivity contribution in [2.24, 2.45) is 11.8 Å². The quantitative estimate of drug-likeness (QED) is 0.0433. The maximum Gasteiger partial charge on any atom is 1.00 e. The number of rotatable bonds is 20. The van der Waals surface area contributed by atoms with Crippen molar-refractivity contribution in [1.29, 1.82) is 0 Å². The summed E-state index contributed by atoms with van der Waals surface area (Å²) in [6.07, 6.45) is 2.77. The third-order valence-electron chi connectivity index (χ3n) is 14.4. The summed E-state index contributed by atoms with van der Waals surface area (Å²) in [5, 5.41) is 17.2. The van der Waals surface area contributed by atoms with Gasteiger partial charge in [-0.25, -0.2) is 19.3 Å². The second-order valence-corrected chi connectivity index (χ2v) is 34.5. The minimum atomic E-state index is -4.65. The van der Waals surface area contributed by atoms with E-state index in [4.69, 9.17) is 14.6 Å². The fourth-order valence-electron chi connectivity index (χ4n) is 9.89. The second kappa shape index (κ2) is 28.8. The molecular weight excluding hydrogens is 1090 g/mol. The minimum absolute atomic E-state index is 0. The number of carboxylic acid groups (broad SMARTS) is 1. The molecule has 14 nitrogen and oxygen atoms in total. The SMILES string of the molecule is CC(=O)CC1CCC(c2ccc(-c3ccc(-c4nc(C(F)(F)F)n(COCC[Si](C)(C)C)n4)cn3)cc2)CC1.C[Si](C)(C)CCOCn1nc(-c2ccc(-c3ccc(C4CCC(CC(=O)O)CC4)cc3)nc2)nc1C(F)(F)F.[Na+].[OH-]. The zero-order valence-corrected chi connectivity index (χ0v) is 51.1. The van der Waals surface area contributed by atoms with E-state index in [0.717, 1.165) is 89.6 Å². The Balaban J connectivity index is 0.000000287. The number of carbonyl (C=O) groups excluding carboxylic acids is 1. The van der Waals surface area contributed by atoms with Crippen molar-refractivity contribution in [3.05, 3.63) is 108 Å². The van der Waals surface area contributed by atoms with E-state index in [9.17, 15) is 35.9 Å². The number of nitrogens with zero attached hydrogens (tertiary/aromatic N) is 8. The largest absolute Gasteiger partial charge is 1.00 e. The van der Waals surface area contributed by atoms with Crippen LogP contribution in [-0.4, -0.2) is 91.2 Å². The molecule has 428 valence electrons. The molecule has 80 heavy (non-hydrogen) atoms. The summed E-state index contributed by atoms with van der Waals surface area (Å²) in [6, 6.07) is 25.0. The Kier molecular flexibility index (Phi) is 23.7. The van der Waals surface area contributed by atoms with Crippen LogP contribution in [0.3, 0.4) is 0 Å². The standard InChI is InChI=1S/C29H37F3N4O2Si.C28H35F3N4O3Si.Na.H2O/c1-20(37)17-21-5-7-22(8-6-21)23-9-11-24(12-10-23)26-14-13-25(18-33-26)27-34-28(29(30,31)32)36(35-27)19-38-15-16-39(2,3)4;1-39(2,3)15-14-38-18-35-27(28(29,30)31)33-26(34-35)23-12-13-24(32-17-23)22-10-8-21(9-11-22)20-6-4-19(5-7-20)16-25(36)37;;/h9-14,18,21-22H,5-8,15-17,19H2,1-4H3;8-13,17,19-20H,4-7,14-16,18H2,1-3H3,(H,36,37);;1H2/q;;+1;/p-1. The van der Waals surface area contributed by atoms with Crippen molar-refractivity contribution in [2.75, 3.05) is 13.2 Å². The van der Waals surface area contributed by atoms with Crippen LogP contribution in [0, 0.1) is 11.8 Å². The Hall–Kier alpha value is -4.95. The number of carboxylic acids is 1. The third-order valence-corrected chi connectivity index (χ3v) is 17.8. The fourth-order valence-corrected chi connectivity index (χ4v) is 11.4. The van der Waals surface area contributed by atoms with Crippen molar-refractivity contribution in [1.82, 2.24) is 39.5 Å². The number of Topliss-reactive ketones (excluding diaryl/α,β-unsaturated/α-hetero) is 1. The molecule has 2 aromatic carbocycles. The summed E-state index contributed by atoms with van der Waals surface area (Å²) < 4.78 is 94.1. The van der Waals surface area contributed by atoms with Crippen LogP contribution < -0.4 is 29.6 Å². The van der Waals surface area contributed by atoms with Gasteiger partial charge in [0.05, 0.1) is 11.4 Å². The monoisotopic (exact) mass is 1160 g/mol. The van der Waals surface area contributed by atoms with Crippen molar-refractivity contribution < 1.29 is 85.5 Å². The molecule has 2 saturated carbocycles. The molecule has 2 N–H and O–H groups in total. The third kappa shape index (κ3) is 19.6. The Morgan fingerprint density at radius 2 is 0.912 bits per heavy atom. The molecule has 8 rings (SSSR count). The van der Waals surface area contributed by atoms with E-state index in [1.165, 1.54) is 23.5 Å². The van der Waals surface area contributed by atoms with Gasteiger partial charge in [0.25, 0.3) is 0 Å². The van der Waals surface area contributed by atoms with Crippen molar-refractivity contribution in [3.63, 3.8) is 0 Å². The average molecular weight is 1160 g/mol. The fraction of sp³-hybridized carbons (Fsp3) is 0.509. The van der Waals surface area contributed by atoms with Crippen LogP contribution in [0.2, 0.25) is 51.4 Å². The van der Waals surface area contributed by atoms with Crippen LogP contribution in [0.25, 0.3) is 45.3 Å². The van der Waals surface area contributed by atoms with Crippen LogP contribution in [0.5, 0.6) is 0 Å². The van der Waals surface area contributed by atoms with Crippen molar-refractivity contribution in [3.8, 4) is 45.3 Å². The summed E-state index contributed by atoms with van der Waals surface area (Å²) in [7, 11) is -2.72. The molecule has 2 aliphatic rings. The molecule has 0 amide bonds. The van der Waals surface area contributed by atoms with E-state index < -0.39 is 46.1 Å². The second-order valence-electron chi connectivity index (χ2n) is 23.3. The number of ketones is 1. The number of pyridine rings is 2. The number of aliphatic carboxylic acids is 1. The van der Waals surface area contributed by atoms with Gasteiger partial charge in [-0.2, -0.15) is 26.3 Å². The molecule has 0 unspecified atom stereocenters. The minimum Gasteiger partial charge on any atom is -0.870 e. The molecule has 23 heteroatoms. The molecule has 6 aromatic rings. The summed E-state index contributed by atoms with van der Waals surface area (Å²) in [5.74, 6) is -1.03. The van der Waals surface area contributed by atoms with Crippen LogP contribution in [-0.2, 0) is 44.9 Å². The van der Waals surface area contributed by atoms with E-state index in [-0.39, 0.29) is 78.3 Å². The number of hydrogen-bond acceptors (Lipinski definition) is 11. The van der Waals surface area contributed by atoms with E-state index in [0.29, 0.717) is 54.2 Å². The van der Waals surface area contributed by atoms with Gasteiger partial charge in [0, 0.05) is 76.9 Å². The molecule has 4 aromatic heterocycles. The molecule has 0 atom stereocenters. The first-order chi connectivity index (χ1) is 36.8. The first-order valence-corrected chi connectivity index (χ1v) is 34.2. The molecular formula is C57H73F6N8NaO6Si2. The maximum absolute atomic E-state index is 13.6. The predicted molar refractivity (Wildman–Crippen MR) is 294 cm³/mol. The van der Waals surface area contributed by atoms with Gasteiger partial charge in [-0.15, -0.1) is 10.2 Å². The first-order valence-electron chi connectivity index (χ1n) is 26.8. The summed E-state index contributed by atoms with van der Waals surface area (Å²) in [6.45, 7) is 14.9. The number of halogens is 6. The molecule has 4 heterocycles. The van der Waals surface area contributed by atoms with E-state index >= 15 is 0 Å². The summed E-state index contributed by atoms with van der Waals surface area (Å²) in [5.41, 5.74) is 6.56. The van der Waals surface area contributed by atoms with Gasteiger partial charge in [0.2, 0.25) is 11.6 Å². The topological polar surface area (TPSA) is 190 Å². The zero-order valence-electron chi connectivity index (χ0n) is 47.1. The van der Waals surface area contributed by atoms with Gasteiger partial charge in [-0.3, -0.25) is 14.8 Å². The van der Waals surface area contributed by atoms with Crippen molar-refractivity contribution in [2.45, 2.75) is 160 Å². The Bertz CT molecular complexity index is 2700. The molecule has 2 aliphatic carbocycles. The Morgan fingerprint density at radius 1 is 0.562 bits per heavy atom. The van der Waals surface area contributed by atoms with Gasteiger partial charge in [0.15, 0.2) is 11.6 Å². The van der Waals surface area contributed by atoms with E-state index in [1.807, 2.05) is 24.3 Å². The van der Waals surface area contributed by atoms with Gasteiger partial charge < -0.3 is 24.9 Å². The number of ether oxygens (including phenoxy) is 2. The number of carbonyl (C=O) groups is 2. The van der Waals surface area contributed by atoms with Crippen LogP contribution >= 0.6 is 0 Å². The molecule has 0 aliphatic heterocycles. The predicted octanol–water partition coefficient (Wildman–Crippen LogP) is 11.5. The molecule has 0 spiro atoms. The van der Waals surface area contributed by atoms with E-state index in [1.54, 1.807) is 31.2 Å². The number of hydrogen-bond donors (Lipinski definition) is 1. The van der Waals surface area contributed by atoms with Crippen molar-refractivity contribution >= 4 is 27.9 Å². The average Bonchev–Trinajstić information content (AvgIpc) is 4.03. The van der Waals surface area contributed by atoms with Crippen LogP contribution in [0.4, 0.5) is 26.3 Å². The number of aromatic nitrogens is 8. The maximum atomic E-state index is 13.6. The van der Waals surface area contributed by atoms with Gasteiger partial charge in [-0.1, -0.05) is 87.8 Å². The molecule has 2 fully saturated rings. The van der Waals surface area contributed by atoms with Crippen LogP contribution in [0.1, 0.15) is 106 Å². The molecule has 0 bridgehead atoms. The summed E-state index contributed by atoms with van der Waals surface area (Å²) >= 11 is 0. The zero-order chi connectivity index (χ0) is 56.4. The van der Waals surface area contributed by atoms with Gasteiger partial charge in [-0.05, 0) is 129 Å². The Labute approximate surface area is 488 Å². The number of benzene rings is 2. The smallest absolute Gasteiger partial charge is 0.870 e. The summed E-state index contributed by atoms with van der Waals surface area (Å²) in [4.78, 5) is 38.8. The number of alkyl halides is 6. The first kappa shape index (κ1) is 65.9. The van der Waals surface area contributed by atoms with Gasteiger partial charge >= 0.3 is 47.9 Å². The van der Waals surface area contributed by atoms with Gasteiger partial charge in [0.1, 0.15) is 19.2 Å². The Morgan fingerprint density at radius 3 is 1.21 bits per heavy atom.